The van der Waals surface area contributed by atoms with Crippen LogP contribution in [0.15, 0.2) is 0 Å². The Morgan fingerprint density at radius 2 is 1.38 bits per heavy atom. The van der Waals surface area contributed by atoms with Gasteiger partial charge in [-0.1, -0.05) is 46.5 Å². The lowest BCUT2D eigenvalue weighted by molar-refractivity contribution is -0.151. The van der Waals surface area contributed by atoms with Gasteiger partial charge in [0.15, 0.2) is 0 Å². The summed E-state index contributed by atoms with van der Waals surface area (Å²) in [5.41, 5.74) is 0. The van der Waals surface area contributed by atoms with E-state index in [1.54, 1.807) is 0 Å². The summed E-state index contributed by atoms with van der Waals surface area (Å²) in [5.74, 6) is -0.149. The first-order valence-electron chi connectivity index (χ1n) is 8.45. The van der Waals surface area contributed by atoms with E-state index >= 15 is 0 Å². The van der Waals surface area contributed by atoms with E-state index in [1.807, 2.05) is 0 Å². The van der Waals surface area contributed by atoms with Crippen molar-refractivity contribution in [2.45, 2.75) is 78.6 Å². The zero-order valence-electron chi connectivity index (χ0n) is 14.0. The van der Waals surface area contributed by atoms with Crippen LogP contribution < -0.4 is 0 Å². The van der Waals surface area contributed by atoms with Gasteiger partial charge in [0.2, 0.25) is 0 Å². The van der Waals surface area contributed by atoms with Crippen LogP contribution in [0.5, 0.6) is 0 Å². The fraction of sp³-hybridized carbons (Fsp3) is 0.882. The van der Waals surface area contributed by atoms with Crippen LogP contribution in [0.4, 0.5) is 0 Å². The van der Waals surface area contributed by atoms with Crippen molar-refractivity contribution >= 4 is 11.9 Å². The van der Waals surface area contributed by atoms with Gasteiger partial charge in [-0.25, -0.2) is 0 Å². The molecule has 21 heavy (non-hydrogen) atoms. The van der Waals surface area contributed by atoms with Crippen LogP contribution in [0.3, 0.4) is 0 Å². The van der Waals surface area contributed by atoms with Crippen LogP contribution >= 0.6 is 0 Å². The van der Waals surface area contributed by atoms with Crippen LogP contribution in [0.2, 0.25) is 0 Å². The van der Waals surface area contributed by atoms with Gasteiger partial charge in [-0.05, 0) is 25.2 Å². The first-order chi connectivity index (χ1) is 10.1. The summed E-state index contributed by atoms with van der Waals surface area (Å²) in [5, 5.41) is 0. The van der Waals surface area contributed by atoms with Crippen LogP contribution in [0.1, 0.15) is 78.6 Å². The molecule has 0 radical (unpaired) electrons. The third-order valence-electron chi connectivity index (χ3n) is 3.42. The first kappa shape index (κ1) is 19.9. The van der Waals surface area contributed by atoms with Crippen molar-refractivity contribution in [1.29, 1.82) is 0 Å². The molecule has 0 saturated carbocycles. The van der Waals surface area contributed by atoms with E-state index in [9.17, 15) is 9.59 Å². The molecule has 4 heteroatoms. The molecule has 0 aliphatic heterocycles. The zero-order valence-corrected chi connectivity index (χ0v) is 14.0. The molecule has 0 aromatic rings. The van der Waals surface area contributed by atoms with Gasteiger partial charge in [0, 0.05) is 0 Å². The van der Waals surface area contributed by atoms with Gasteiger partial charge in [0.1, 0.15) is 0 Å². The van der Waals surface area contributed by atoms with Crippen molar-refractivity contribution in [2.24, 2.45) is 5.92 Å². The molecule has 0 spiro atoms. The van der Waals surface area contributed by atoms with Gasteiger partial charge in [-0.2, -0.15) is 0 Å². The Morgan fingerprint density at radius 1 is 0.810 bits per heavy atom. The maximum Gasteiger partial charge on any atom is 0.306 e. The van der Waals surface area contributed by atoms with Gasteiger partial charge in [0.25, 0.3) is 0 Å². The first-order valence-corrected chi connectivity index (χ1v) is 8.45. The average Bonchev–Trinajstić information content (AvgIpc) is 2.47. The summed E-state index contributed by atoms with van der Waals surface area (Å²) >= 11 is 0. The Labute approximate surface area is 129 Å². The second-order valence-electron chi connectivity index (χ2n) is 5.55. The molecule has 124 valence electrons. The molecule has 0 aromatic carbocycles. The number of rotatable bonds is 13. The van der Waals surface area contributed by atoms with Crippen LogP contribution in [-0.2, 0) is 19.1 Å². The SMILES string of the molecule is CCCCCOC(=O)CCC(=O)OCC(CCC)CCC. The minimum absolute atomic E-state index is 0.122. The van der Waals surface area contributed by atoms with E-state index in [0.717, 1.165) is 44.9 Å². The molecule has 0 N–H and O–H groups in total. The molecule has 0 saturated heterocycles. The van der Waals surface area contributed by atoms with E-state index in [1.165, 1.54) is 0 Å². The van der Waals surface area contributed by atoms with Gasteiger partial charge >= 0.3 is 11.9 Å². The fourth-order valence-electron chi connectivity index (χ4n) is 2.22. The van der Waals surface area contributed by atoms with Crippen molar-refractivity contribution in [3.63, 3.8) is 0 Å². The maximum absolute atomic E-state index is 11.6. The Balaban J connectivity index is 3.70. The normalized spacial score (nSPS) is 10.7. The topological polar surface area (TPSA) is 52.6 Å². The van der Waals surface area contributed by atoms with Gasteiger partial charge in [0.05, 0.1) is 26.1 Å². The Bertz CT molecular complexity index is 270. The Morgan fingerprint density at radius 3 is 1.90 bits per heavy atom. The van der Waals surface area contributed by atoms with Gasteiger partial charge in [-0.15, -0.1) is 0 Å². The van der Waals surface area contributed by atoms with E-state index < -0.39 is 0 Å². The third-order valence-corrected chi connectivity index (χ3v) is 3.42. The van der Waals surface area contributed by atoms with E-state index in [-0.39, 0.29) is 24.8 Å². The number of carbonyl (C=O) groups excluding carboxylic acids is 2. The smallest absolute Gasteiger partial charge is 0.306 e. The Kier molecular flexibility index (Phi) is 13.2. The van der Waals surface area contributed by atoms with Crippen LogP contribution in [-0.4, -0.2) is 25.2 Å². The molecule has 0 bridgehead atoms. The summed E-state index contributed by atoms with van der Waals surface area (Å²) in [4.78, 5) is 23.0. The Hall–Kier alpha value is -1.06. The number of ether oxygens (including phenoxy) is 2. The van der Waals surface area contributed by atoms with Crippen LogP contribution in [0.25, 0.3) is 0 Å². The second-order valence-corrected chi connectivity index (χ2v) is 5.55. The molecule has 0 rings (SSSR count). The molecular formula is C17H32O4. The summed E-state index contributed by atoms with van der Waals surface area (Å²) in [6.07, 6.45) is 7.67. The predicted molar refractivity (Wildman–Crippen MR) is 84.0 cm³/mol. The van der Waals surface area contributed by atoms with Crippen molar-refractivity contribution in [1.82, 2.24) is 0 Å². The number of esters is 2. The maximum atomic E-state index is 11.6. The third kappa shape index (κ3) is 12.4. The summed E-state index contributed by atoms with van der Waals surface area (Å²) in [7, 11) is 0. The molecular weight excluding hydrogens is 268 g/mol. The number of unbranched alkanes of at least 4 members (excludes halogenated alkanes) is 2. The summed E-state index contributed by atoms with van der Waals surface area (Å²) < 4.78 is 10.3. The monoisotopic (exact) mass is 300 g/mol. The largest absolute Gasteiger partial charge is 0.466 e. The van der Waals surface area contributed by atoms with E-state index in [0.29, 0.717) is 19.1 Å². The van der Waals surface area contributed by atoms with Crippen molar-refractivity contribution in [3.8, 4) is 0 Å². The fourth-order valence-corrected chi connectivity index (χ4v) is 2.22. The highest BCUT2D eigenvalue weighted by Crippen LogP contribution is 2.14. The molecule has 4 nitrogen and oxygen atoms in total. The molecule has 0 amide bonds. The van der Waals surface area contributed by atoms with E-state index in [2.05, 4.69) is 20.8 Å². The molecule has 0 atom stereocenters. The summed E-state index contributed by atoms with van der Waals surface area (Å²) in [6, 6.07) is 0. The lowest BCUT2D eigenvalue weighted by Crippen LogP contribution is -2.16. The molecule has 0 aliphatic carbocycles. The number of hydrogen-bond donors (Lipinski definition) is 0. The van der Waals surface area contributed by atoms with Crippen molar-refractivity contribution in [3.05, 3.63) is 0 Å². The molecule has 0 heterocycles. The van der Waals surface area contributed by atoms with Crippen molar-refractivity contribution in [2.75, 3.05) is 13.2 Å². The number of hydrogen-bond acceptors (Lipinski definition) is 4. The van der Waals surface area contributed by atoms with E-state index in [4.69, 9.17) is 9.47 Å². The standard InChI is InChI=1S/C17H32O4/c1-4-7-8-13-20-16(18)11-12-17(19)21-14-15(9-5-2)10-6-3/h15H,4-14H2,1-3H3. The van der Waals surface area contributed by atoms with Gasteiger partial charge < -0.3 is 9.47 Å². The lowest BCUT2D eigenvalue weighted by Gasteiger charge is -2.15. The molecule has 0 fully saturated rings. The quantitative estimate of drug-likeness (QED) is 0.377. The predicted octanol–water partition coefficient (Wildman–Crippen LogP) is 4.26. The second kappa shape index (κ2) is 13.9. The highest BCUT2D eigenvalue weighted by Gasteiger charge is 2.12. The van der Waals surface area contributed by atoms with Crippen molar-refractivity contribution < 1.29 is 19.1 Å². The molecule has 0 aliphatic rings. The summed E-state index contributed by atoms with van der Waals surface area (Å²) in [6.45, 7) is 7.31. The van der Waals surface area contributed by atoms with Crippen LogP contribution in [0, 0.1) is 5.92 Å². The molecule has 0 unspecified atom stereocenters. The highest BCUT2D eigenvalue weighted by molar-refractivity contribution is 5.77. The zero-order chi connectivity index (χ0) is 15.9. The minimum atomic E-state index is -0.304. The number of carbonyl (C=O) groups is 2. The van der Waals surface area contributed by atoms with Gasteiger partial charge in [-0.3, -0.25) is 9.59 Å². The average molecular weight is 300 g/mol. The lowest BCUT2D eigenvalue weighted by atomic mass is 9.99. The molecule has 0 aromatic heterocycles. The highest BCUT2D eigenvalue weighted by atomic mass is 16.5. The minimum Gasteiger partial charge on any atom is -0.466 e.